The van der Waals surface area contributed by atoms with Crippen molar-refractivity contribution in [1.29, 1.82) is 0 Å². The maximum atomic E-state index is 2.52. The maximum absolute atomic E-state index is 2.52. The predicted molar refractivity (Wildman–Crippen MR) is 252 cm³/mol. The minimum Gasteiger partial charge on any atom is -0.310 e. The molecule has 0 aromatic heterocycles. The summed E-state index contributed by atoms with van der Waals surface area (Å²) in [4.78, 5) is 2.52. The van der Waals surface area contributed by atoms with Crippen LogP contribution in [0, 0.1) is 0 Å². The highest BCUT2D eigenvalue weighted by molar-refractivity contribution is 5.99. The van der Waals surface area contributed by atoms with E-state index in [0.717, 1.165) is 5.69 Å². The summed E-state index contributed by atoms with van der Waals surface area (Å²) in [5.74, 6) is 0. The van der Waals surface area contributed by atoms with Crippen LogP contribution in [-0.2, 0) is 16.2 Å². The van der Waals surface area contributed by atoms with E-state index in [9.17, 15) is 0 Å². The molecule has 4 aliphatic rings. The molecule has 1 spiro atoms. The highest BCUT2D eigenvalue weighted by atomic mass is 15.1. The first-order valence-electron chi connectivity index (χ1n) is 22.0. The van der Waals surface area contributed by atoms with Gasteiger partial charge in [0.15, 0.2) is 0 Å². The molecule has 1 fully saturated rings. The van der Waals surface area contributed by atoms with E-state index in [-0.39, 0.29) is 16.2 Å². The van der Waals surface area contributed by atoms with Crippen LogP contribution in [0.2, 0.25) is 0 Å². The molecule has 0 N–H and O–H groups in total. The van der Waals surface area contributed by atoms with Gasteiger partial charge in [-0.15, -0.1) is 0 Å². The number of para-hydroxylation sites is 1. The number of anilines is 3. The van der Waals surface area contributed by atoms with E-state index < -0.39 is 0 Å². The third-order valence-electron chi connectivity index (χ3n) is 15.1. The Balaban J connectivity index is 1.03. The van der Waals surface area contributed by atoms with Crippen molar-refractivity contribution in [1.82, 2.24) is 0 Å². The van der Waals surface area contributed by atoms with Crippen LogP contribution in [0.5, 0.6) is 0 Å². The van der Waals surface area contributed by atoms with E-state index in [0.29, 0.717) is 0 Å². The molecule has 1 saturated carbocycles. The van der Waals surface area contributed by atoms with Crippen LogP contribution >= 0.6 is 0 Å². The Kier molecular flexibility index (Phi) is 7.56. The summed E-state index contributed by atoms with van der Waals surface area (Å²) in [6.07, 6.45) is 5.04. The molecular formula is C59H49N. The lowest BCUT2D eigenvalue weighted by Gasteiger charge is -2.30. The molecule has 0 unspecified atom stereocenters. The van der Waals surface area contributed by atoms with Gasteiger partial charge < -0.3 is 4.90 Å². The van der Waals surface area contributed by atoms with Crippen LogP contribution in [-0.4, -0.2) is 0 Å². The molecule has 0 bridgehead atoms. The molecule has 1 nitrogen and oxygen atoms in total. The molecule has 12 rings (SSSR count). The molecule has 0 saturated heterocycles. The van der Waals surface area contributed by atoms with Crippen molar-refractivity contribution in [2.45, 2.75) is 69.6 Å². The monoisotopic (exact) mass is 771 g/mol. The fraction of sp³-hybridized carbons (Fsp3) is 0.186. The smallest absolute Gasteiger partial charge is 0.0540 e. The fourth-order valence-electron chi connectivity index (χ4n) is 12.1. The van der Waals surface area contributed by atoms with Crippen molar-refractivity contribution in [3.8, 4) is 55.6 Å². The molecule has 0 radical (unpaired) electrons. The molecule has 0 atom stereocenters. The zero-order valence-corrected chi connectivity index (χ0v) is 35.0. The fourth-order valence-corrected chi connectivity index (χ4v) is 12.1. The average Bonchev–Trinajstić information content (AvgIpc) is 4.01. The largest absolute Gasteiger partial charge is 0.310 e. The first-order chi connectivity index (χ1) is 29.3. The SMILES string of the molecule is CC1(C)c2ccccc2-c2ccc(-c3ccc(N(c4ccc5c(c4)-c4ccccc4C54CCCC4)c4ccccc4-c4cccc5c4-c4ccccc4C5(C)C)cc3)cc21. The van der Waals surface area contributed by atoms with Crippen molar-refractivity contribution >= 4 is 17.1 Å². The molecule has 0 aliphatic heterocycles. The van der Waals surface area contributed by atoms with Gasteiger partial charge in [-0.1, -0.05) is 180 Å². The van der Waals surface area contributed by atoms with E-state index in [2.05, 4.69) is 209 Å². The Morgan fingerprint density at radius 2 is 0.867 bits per heavy atom. The van der Waals surface area contributed by atoms with Gasteiger partial charge in [0.2, 0.25) is 0 Å². The summed E-state index contributed by atoms with van der Waals surface area (Å²) < 4.78 is 0. The summed E-state index contributed by atoms with van der Waals surface area (Å²) in [7, 11) is 0. The van der Waals surface area contributed by atoms with Gasteiger partial charge in [0, 0.05) is 33.2 Å². The lowest BCUT2D eigenvalue weighted by Crippen LogP contribution is -2.20. The molecule has 1 heteroatoms. The first-order valence-corrected chi connectivity index (χ1v) is 22.0. The van der Waals surface area contributed by atoms with Crippen molar-refractivity contribution in [3.05, 3.63) is 209 Å². The van der Waals surface area contributed by atoms with Crippen LogP contribution in [0.3, 0.4) is 0 Å². The maximum Gasteiger partial charge on any atom is 0.0540 e. The third-order valence-corrected chi connectivity index (χ3v) is 15.1. The quantitative estimate of drug-likeness (QED) is 0.168. The van der Waals surface area contributed by atoms with Gasteiger partial charge in [0.05, 0.1) is 5.69 Å². The van der Waals surface area contributed by atoms with Crippen LogP contribution in [0.4, 0.5) is 17.1 Å². The number of rotatable bonds is 5. The summed E-state index contributed by atoms with van der Waals surface area (Å²) in [5.41, 5.74) is 25.4. The van der Waals surface area contributed by atoms with E-state index in [1.54, 1.807) is 0 Å². The Bertz CT molecular complexity index is 3040. The lowest BCUT2D eigenvalue weighted by atomic mass is 9.77. The summed E-state index contributed by atoms with van der Waals surface area (Å²) in [6.45, 7) is 9.49. The number of hydrogen-bond acceptors (Lipinski definition) is 1. The topological polar surface area (TPSA) is 3.24 Å². The van der Waals surface area contributed by atoms with Crippen LogP contribution in [0.25, 0.3) is 55.6 Å². The highest BCUT2D eigenvalue weighted by Gasteiger charge is 2.45. The zero-order valence-electron chi connectivity index (χ0n) is 35.0. The van der Waals surface area contributed by atoms with E-state index >= 15 is 0 Å². The molecule has 8 aromatic carbocycles. The Hall–Kier alpha value is -6.44. The van der Waals surface area contributed by atoms with Crippen LogP contribution in [0.15, 0.2) is 176 Å². The Morgan fingerprint density at radius 1 is 0.350 bits per heavy atom. The van der Waals surface area contributed by atoms with Crippen LogP contribution < -0.4 is 4.90 Å². The van der Waals surface area contributed by atoms with Gasteiger partial charge >= 0.3 is 0 Å². The van der Waals surface area contributed by atoms with E-state index in [1.807, 2.05) is 0 Å². The van der Waals surface area contributed by atoms with Gasteiger partial charge in [-0.05, 0) is 133 Å². The second-order valence-electron chi connectivity index (χ2n) is 18.8. The minimum absolute atomic E-state index is 0.0427. The van der Waals surface area contributed by atoms with Crippen molar-refractivity contribution in [2.24, 2.45) is 0 Å². The van der Waals surface area contributed by atoms with Crippen molar-refractivity contribution < 1.29 is 0 Å². The number of fused-ring (bicyclic) bond motifs is 11. The molecule has 4 aliphatic carbocycles. The number of nitrogens with zero attached hydrogens (tertiary/aromatic N) is 1. The minimum atomic E-state index is -0.0778. The highest BCUT2D eigenvalue weighted by Crippen LogP contribution is 2.59. The van der Waals surface area contributed by atoms with Gasteiger partial charge in [-0.25, -0.2) is 0 Å². The summed E-state index contributed by atoms with van der Waals surface area (Å²) in [6, 6.07) is 67.0. The molecule has 290 valence electrons. The Labute approximate surface area is 355 Å². The Morgan fingerprint density at radius 3 is 1.62 bits per heavy atom. The lowest BCUT2D eigenvalue weighted by molar-refractivity contribution is 0.550. The molecule has 0 heterocycles. The van der Waals surface area contributed by atoms with Crippen molar-refractivity contribution in [3.63, 3.8) is 0 Å². The van der Waals surface area contributed by atoms with Gasteiger partial charge in [-0.3, -0.25) is 0 Å². The predicted octanol–water partition coefficient (Wildman–Crippen LogP) is 15.9. The normalized spacial score (nSPS) is 16.5. The second-order valence-corrected chi connectivity index (χ2v) is 18.8. The standard InChI is InChI=1S/C59H49N/c1-57(2)50-22-10-7-19-47(50)56-46(20-15-24-53(56)57)45-18-8-12-25-55(45)60(41-31-33-52-48(37-41)43-17-6-11-23-51(43)59(52)34-13-14-35-59)40-29-26-38(27-30-40)39-28-32-44-42-16-5-9-21-49(42)58(3,4)54(44)36-39/h5-12,15-33,36-37H,13-14,34-35H2,1-4H3. The second kappa shape index (κ2) is 12.8. The molecule has 0 amide bonds. The van der Waals surface area contributed by atoms with E-state index in [4.69, 9.17) is 0 Å². The molecular weight excluding hydrogens is 723 g/mol. The number of benzene rings is 8. The third kappa shape index (κ3) is 4.87. The van der Waals surface area contributed by atoms with Gasteiger partial charge in [-0.2, -0.15) is 0 Å². The summed E-state index contributed by atoms with van der Waals surface area (Å²) >= 11 is 0. The average molecular weight is 772 g/mol. The van der Waals surface area contributed by atoms with E-state index in [1.165, 1.54) is 126 Å². The van der Waals surface area contributed by atoms with Crippen molar-refractivity contribution in [2.75, 3.05) is 4.90 Å². The van der Waals surface area contributed by atoms with Gasteiger partial charge in [0.1, 0.15) is 0 Å². The molecule has 60 heavy (non-hydrogen) atoms. The summed E-state index contributed by atoms with van der Waals surface area (Å²) in [5, 5.41) is 0. The number of hydrogen-bond donors (Lipinski definition) is 0. The first kappa shape index (κ1) is 35.5. The van der Waals surface area contributed by atoms with Crippen LogP contribution in [0.1, 0.15) is 86.8 Å². The molecule has 8 aromatic rings. The zero-order chi connectivity index (χ0) is 40.4. The van der Waals surface area contributed by atoms with Gasteiger partial charge in [0.25, 0.3) is 0 Å².